The molecule has 0 unspecified atom stereocenters. The van der Waals surface area contributed by atoms with Crippen molar-refractivity contribution in [2.24, 2.45) is 0 Å². The number of piperazine rings is 1. The van der Waals surface area contributed by atoms with Gasteiger partial charge in [-0.2, -0.15) is 0 Å². The third-order valence-corrected chi connectivity index (χ3v) is 5.80. The van der Waals surface area contributed by atoms with Gasteiger partial charge in [-0.05, 0) is 49.4 Å². The van der Waals surface area contributed by atoms with Crippen LogP contribution < -0.4 is 15.4 Å². The van der Waals surface area contributed by atoms with E-state index in [1.54, 1.807) is 4.90 Å². The van der Waals surface area contributed by atoms with Gasteiger partial charge >= 0.3 is 11.8 Å². The summed E-state index contributed by atoms with van der Waals surface area (Å²) in [6.07, 6.45) is 4.03. The van der Waals surface area contributed by atoms with E-state index in [0.717, 1.165) is 29.8 Å². The molecule has 2 N–H and O–H groups in total. The minimum absolute atomic E-state index is 0.0336. The van der Waals surface area contributed by atoms with E-state index in [1.807, 2.05) is 18.2 Å². The molecule has 9 nitrogen and oxygen atoms in total. The zero-order chi connectivity index (χ0) is 21.8. The quantitative estimate of drug-likeness (QED) is 0.512. The molecular weight excluding hydrogens is 400 g/mol. The summed E-state index contributed by atoms with van der Waals surface area (Å²) in [6.45, 7) is 2.07. The normalized spacial score (nSPS) is 18.1. The van der Waals surface area contributed by atoms with Crippen LogP contribution in [0.5, 0.6) is 5.75 Å². The summed E-state index contributed by atoms with van der Waals surface area (Å²) in [5.74, 6) is -0.238. The fourth-order valence-corrected chi connectivity index (χ4v) is 3.80. The Morgan fingerprint density at radius 1 is 1.06 bits per heavy atom. The first-order chi connectivity index (χ1) is 15.0. The fraction of sp³-hybridized carbons (Fsp3) is 0.545. The number of hydrogen-bond acceptors (Lipinski definition) is 5. The van der Waals surface area contributed by atoms with Crippen molar-refractivity contribution < 1.29 is 23.9 Å². The van der Waals surface area contributed by atoms with Gasteiger partial charge in [-0.3, -0.25) is 19.2 Å². The van der Waals surface area contributed by atoms with Gasteiger partial charge in [-0.1, -0.05) is 0 Å². The molecule has 9 heteroatoms. The number of ether oxygens (including phenoxy) is 1. The molecule has 1 aromatic rings. The molecule has 31 heavy (non-hydrogen) atoms. The van der Waals surface area contributed by atoms with Crippen molar-refractivity contribution in [1.82, 2.24) is 15.1 Å². The lowest BCUT2D eigenvalue weighted by Crippen LogP contribution is -2.54. The number of carbonyl (C=O) groups is 4. The zero-order valence-electron chi connectivity index (χ0n) is 17.5. The molecule has 1 saturated carbocycles. The summed E-state index contributed by atoms with van der Waals surface area (Å²) in [7, 11) is 0. The molecule has 1 saturated heterocycles. The van der Waals surface area contributed by atoms with E-state index in [2.05, 4.69) is 10.6 Å². The molecule has 2 fully saturated rings. The molecule has 1 aromatic carbocycles. The Bertz CT molecular complexity index is 875. The average molecular weight is 428 g/mol. The molecule has 2 aliphatic heterocycles. The first-order valence-electron chi connectivity index (χ1n) is 10.9. The number of carbonyl (C=O) groups excluding carboxylic acids is 4. The van der Waals surface area contributed by atoms with Crippen LogP contribution in [0.15, 0.2) is 18.2 Å². The maximum atomic E-state index is 12.4. The predicted molar refractivity (Wildman–Crippen MR) is 112 cm³/mol. The highest BCUT2D eigenvalue weighted by Crippen LogP contribution is 2.27. The Hall–Kier alpha value is -3.10. The number of rotatable bonds is 6. The van der Waals surface area contributed by atoms with Gasteiger partial charge in [0.15, 0.2) is 0 Å². The zero-order valence-corrected chi connectivity index (χ0v) is 17.5. The minimum Gasteiger partial charge on any atom is -0.494 e. The van der Waals surface area contributed by atoms with Crippen molar-refractivity contribution in [2.45, 2.75) is 44.6 Å². The van der Waals surface area contributed by atoms with Gasteiger partial charge in [-0.25, -0.2) is 0 Å². The molecule has 0 bridgehead atoms. The third kappa shape index (κ3) is 5.53. The molecule has 0 spiro atoms. The summed E-state index contributed by atoms with van der Waals surface area (Å²) in [6, 6.07) is 5.76. The second-order valence-corrected chi connectivity index (χ2v) is 8.24. The number of fused-ring (bicyclic) bond motifs is 1. The molecule has 0 atom stereocenters. The van der Waals surface area contributed by atoms with Crippen molar-refractivity contribution in [1.29, 1.82) is 0 Å². The largest absolute Gasteiger partial charge is 0.494 e. The van der Waals surface area contributed by atoms with Gasteiger partial charge in [-0.15, -0.1) is 0 Å². The van der Waals surface area contributed by atoms with Crippen LogP contribution in [0.3, 0.4) is 0 Å². The molecule has 166 valence electrons. The molecule has 4 amide bonds. The number of hydrogen-bond donors (Lipinski definition) is 2. The topological polar surface area (TPSA) is 108 Å². The van der Waals surface area contributed by atoms with Gasteiger partial charge in [0, 0.05) is 50.7 Å². The van der Waals surface area contributed by atoms with E-state index in [1.165, 1.54) is 4.90 Å². The Morgan fingerprint density at radius 3 is 2.55 bits per heavy atom. The van der Waals surface area contributed by atoms with E-state index >= 15 is 0 Å². The Kier molecular flexibility index (Phi) is 6.39. The van der Waals surface area contributed by atoms with Crippen molar-refractivity contribution in [3.63, 3.8) is 0 Å². The second-order valence-electron chi connectivity index (χ2n) is 8.24. The average Bonchev–Trinajstić information content (AvgIpc) is 3.60. The van der Waals surface area contributed by atoms with Crippen molar-refractivity contribution in [3.05, 3.63) is 23.8 Å². The highest BCUT2D eigenvalue weighted by molar-refractivity contribution is 6.35. The third-order valence-electron chi connectivity index (χ3n) is 5.80. The van der Waals surface area contributed by atoms with Gasteiger partial charge < -0.3 is 25.2 Å². The lowest BCUT2D eigenvalue weighted by Gasteiger charge is -2.34. The van der Waals surface area contributed by atoms with Gasteiger partial charge in [0.05, 0.1) is 6.61 Å². The molecule has 4 rings (SSSR count). The first-order valence-corrected chi connectivity index (χ1v) is 10.9. The number of aryl methyl sites for hydroxylation is 1. The molecule has 0 aromatic heterocycles. The van der Waals surface area contributed by atoms with E-state index < -0.39 is 11.8 Å². The number of nitrogens with zero attached hydrogens (tertiary/aromatic N) is 2. The maximum Gasteiger partial charge on any atom is 0.312 e. The summed E-state index contributed by atoms with van der Waals surface area (Å²) in [4.78, 5) is 51.2. The van der Waals surface area contributed by atoms with Crippen LogP contribution >= 0.6 is 0 Å². The SMILES string of the molecule is O=C1CCc2cc(OCCCC(=O)N3CCN(C(=O)C(=O)NC4CC4)CC3)ccc2N1. The number of anilines is 1. The van der Waals surface area contributed by atoms with Crippen LogP contribution in [0.1, 0.15) is 37.7 Å². The molecule has 3 aliphatic rings. The highest BCUT2D eigenvalue weighted by atomic mass is 16.5. The van der Waals surface area contributed by atoms with Gasteiger partial charge in [0.1, 0.15) is 5.75 Å². The maximum absolute atomic E-state index is 12.4. The van der Waals surface area contributed by atoms with Crippen LogP contribution in [0.4, 0.5) is 5.69 Å². The molecular formula is C22H28N4O5. The summed E-state index contributed by atoms with van der Waals surface area (Å²) < 4.78 is 5.77. The van der Waals surface area contributed by atoms with Crippen LogP contribution in [-0.2, 0) is 25.6 Å². The Labute approximate surface area is 181 Å². The minimum atomic E-state index is -0.538. The van der Waals surface area contributed by atoms with Crippen LogP contribution in [0, 0.1) is 0 Å². The van der Waals surface area contributed by atoms with Crippen molar-refractivity contribution >= 4 is 29.3 Å². The summed E-state index contributed by atoms with van der Waals surface area (Å²) in [5, 5.41) is 5.55. The lowest BCUT2D eigenvalue weighted by molar-refractivity contribution is -0.148. The number of amides is 4. The number of benzene rings is 1. The van der Waals surface area contributed by atoms with Crippen molar-refractivity contribution in [2.75, 3.05) is 38.1 Å². The predicted octanol–water partition coefficient (Wildman–Crippen LogP) is 0.680. The lowest BCUT2D eigenvalue weighted by atomic mass is 10.0. The van der Waals surface area contributed by atoms with Crippen LogP contribution in [-0.4, -0.2) is 72.3 Å². The Balaban J connectivity index is 1.14. The fourth-order valence-electron chi connectivity index (χ4n) is 3.80. The van der Waals surface area contributed by atoms with E-state index in [0.29, 0.717) is 58.5 Å². The van der Waals surface area contributed by atoms with Crippen LogP contribution in [0.25, 0.3) is 0 Å². The monoisotopic (exact) mass is 428 g/mol. The van der Waals surface area contributed by atoms with E-state index in [9.17, 15) is 19.2 Å². The standard InChI is InChI=1S/C22H28N4O5/c27-19-8-3-15-14-17(6-7-18(15)24-19)31-13-1-2-20(28)25-9-11-26(12-10-25)22(30)21(29)23-16-4-5-16/h6-7,14,16H,1-5,8-13H2,(H,23,29)(H,24,27). The van der Waals surface area contributed by atoms with Crippen LogP contribution in [0.2, 0.25) is 0 Å². The smallest absolute Gasteiger partial charge is 0.312 e. The number of nitrogens with one attached hydrogen (secondary N) is 2. The van der Waals surface area contributed by atoms with E-state index in [4.69, 9.17) is 4.74 Å². The Morgan fingerprint density at radius 2 is 1.81 bits per heavy atom. The van der Waals surface area contributed by atoms with Crippen molar-refractivity contribution in [3.8, 4) is 5.75 Å². The first kappa shape index (κ1) is 21.1. The van der Waals surface area contributed by atoms with Gasteiger partial charge in [0.2, 0.25) is 11.8 Å². The summed E-state index contributed by atoms with van der Waals surface area (Å²) >= 11 is 0. The summed E-state index contributed by atoms with van der Waals surface area (Å²) in [5.41, 5.74) is 1.90. The molecule has 2 heterocycles. The second kappa shape index (κ2) is 9.36. The van der Waals surface area contributed by atoms with E-state index in [-0.39, 0.29) is 17.9 Å². The highest BCUT2D eigenvalue weighted by Gasteiger charge is 2.31. The molecule has 1 aliphatic carbocycles. The molecule has 0 radical (unpaired) electrons. The van der Waals surface area contributed by atoms with Gasteiger partial charge in [0.25, 0.3) is 0 Å².